The minimum absolute atomic E-state index is 0.0216. The van der Waals surface area contributed by atoms with Crippen LogP contribution in [0.5, 0.6) is 0 Å². The Bertz CT molecular complexity index is 455. The highest BCUT2D eigenvalue weighted by Gasteiger charge is 2.42. The van der Waals surface area contributed by atoms with Crippen LogP contribution in [0.4, 0.5) is 0 Å². The number of hydrogen-bond acceptors (Lipinski definition) is 4. The number of aromatic nitrogens is 2. The molecule has 0 amide bonds. The Morgan fingerprint density at radius 2 is 2.26 bits per heavy atom. The Labute approximate surface area is 114 Å². The van der Waals surface area contributed by atoms with Gasteiger partial charge in [0, 0.05) is 6.61 Å². The van der Waals surface area contributed by atoms with E-state index in [0.29, 0.717) is 6.61 Å². The zero-order valence-electron chi connectivity index (χ0n) is 11.9. The number of ether oxygens (including phenoxy) is 1. The van der Waals surface area contributed by atoms with Gasteiger partial charge in [-0.25, -0.2) is 4.68 Å². The Kier molecular flexibility index (Phi) is 3.41. The largest absolute Gasteiger partial charge is 0.514 e. The highest BCUT2D eigenvalue weighted by molar-refractivity contribution is 6.61. The summed E-state index contributed by atoms with van der Waals surface area (Å²) in [5, 5.41) is 4.46. The molecule has 104 valence electrons. The van der Waals surface area contributed by atoms with E-state index in [9.17, 15) is 0 Å². The molecule has 0 spiro atoms. The third kappa shape index (κ3) is 2.57. The molecule has 6 heteroatoms. The third-order valence-electron chi connectivity index (χ3n) is 3.69. The lowest BCUT2D eigenvalue weighted by Gasteiger charge is -2.25. The molecule has 0 N–H and O–H groups in total. The first-order chi connectivity index (χ1) is 9.07. The van der Waals surface area contributed by atoms with E-state index >= 15 is 0 Å². The van der Waals surface area contributed by atoms with Crippen molar-refractivity contribution < 1.29 is 14.0 Å². The molecule has 3 heterocycles. The van der Waals surface area contributed by atoms with Crippen LogP contribution in [0.3, 0.4) is 0 Å². The van der Waals surface area contributed by atoms with Crippen LogP contribution in [0, 0.1) is 6.92 Å². The van der Waals surface area contributed by atoms with Crippen molar-refractivity contribution >= 4 is 12.7 Å². The summed E-state index contributed by atoms with van der Waals surface area (Å²) in [7, 11) is -0.331. The van der Waals surface area contributed by atoms with E-state index in [1.807, 2.05) is 31.6 Å². The van der Waals surface area contributed by atoms with Crippen molar-refractivity contribution in [1.82, 2.24) is 9.78 Å². The molecule has 1 unspecified atom stereocenters. The monoisotopic (exact) mass is 264 g/mol. The second kappa shape index (κ2) is 4.92. The fourth-order valence-electron chi connectivity index (χ4n) is 2.67. The fourth-order valence-corrected chi connectivity index (χ4v) is 2.67. The summed E-state index contributed by atoms with van der Waals surface area (Å²) < 4.78 is 19.5. The molecule has 1 aromatic rings. The molecule has 5 nitrogen and oxygen atoms in total. The summed E-state index contributed by atoms with van der Waals surface area (Å²) >= 11 is 0. The SMILES string of the molecule is Cc1cnn(C2CCCCO2)c1B1OCC(C)(C)O1. The summed E-state index contributed by atoms with van der Waals surface area (Å²) in [6, 6.07) is 0. The molecule has 2 aliphatic rings. The molecule has 1 aromatic heterocycles. The van der Waals surface area contributed by atoms with Gasteiger partial charge in [-0.3, -0.25) is 0 Å². The van der Waals surface area contributed by atoms with E-state index in [-0.39, 0.29) is 18.9 Å². The van der Waals surface area contributed by atoms with Gasteiger partial charge < -0.3 is 14.0 Å². The maximum absolute atomic E-state index is 5.97. The van der Waals surface area contributed by atoms with E-state index in [2.05, 4.69) is 5.10 Å². The van der Waals surface area contributed by atoms with Gasteiger partial charge in [-0.15, -0.1) is 0 Å². The maximum atomic E-state index is 5.97. The van der Waals surface area contributed by atoms with Crippen molar-refractivity contribution in [2.45, 2.75) is 51.9 Å². The van der Waals surface area contributed by atoms with Gasteiger partial charge in [-0.2, -0.15) is 5.10 Å². The molecule has 2 aliphatic heterocycles. The third-order valence-corrected chi connectivity index (χ3v) is 3.69. The molecule has 0 bridgehead atoms. The predicted molar refractivity (Wildman–Crippen MR) is 72.3 cm³/mol. The fraction of sp³-hybridized carbons (Fsp3) is 0.769. The molecule has 19 heavy (non-hydrogen) atoms. The zero-order valence-corrected chi connectivity index (χ0v) is 11.9. The Morgan fingerprint density at radius 3 is 2.89 bits per heavy atom. The molecule has 0 radical (unpaired) electrons. The molecular formula is C13H21BN2O3. The van der Waals surface area contributed by atoms with E-state index in [4.69, 9.17) is 14.0 Å². The van der Waals surface area contributed by atoms with Gasteiger partial charge in [0.1, 0.15) is 6.23 Å². The summed E-state index contributed by atoms with van der Waals surface area (Å²) in [5.41, 5.74) is 1.86. The van der Waals surface area contributed by atoms with Crippen LogP contribution in [-0.4, -0.2) is 35.7 Å². The number of aryl methyl sites for hydroxylation is 1. The highest BCUT2D eigenvalue weighted by Crippen LogP contribution is 2.24. The van der Waals surface area contributed by atoms with Crippen LogP contribution in [0.2, 0.25) is 0 Å². The quantitative estimate of drug-likeness (QED) is 0.758. The van der Waals surface area contributed by atoms with Gasteiger partial charge in [0.25, 0.3) is 0 Å². The molecule has 0 aromatic carbocycles. The molecular weight excluding hydrogens is 243 g/mol. The minimum Gasteiger partial charge on any atom is -0.403 e. The normalized spacial score (nSPS) is 26.9. The molecule has 1 atom stereocenters. The summed E-state index contributed by atoms with van der Waals surface area (Å²) in [6.07, 6.45) is 5.21. The van der Waals surface area contributed by atoms with Gasteiger partial charge in [-0.05, 0) is 45.6 Å². The van der Waals surface area contributed by atoms with Crippen LogP contribution in [0.1, 0.15) is 44.9 Å². The molecule has 2 saturated heterocycles. The second-order valence-corrected chi connectivity index (χ2v) is 6.00. The van der Waals surface area contributed by atoms with Gasteiger partial charge in [-0.1, -0.05) is 0 Å². The van der Waals surface area contributed by atoms with Crippen LogP contribution in [-0.2, 0) is 14.0 Å². The Balaban J connectivity index is 1.86. The first-order valence-corrected chi connectivity index (χ1v) is 7.02. The van der Waals surface area contributed by atoms with E-state index < -0.39 is 0 Å². The second-order valence-electron chi connectivity index (χ2n) is 6.00. The lowest BCUT2D eigenvalue weighted by atomic mass is 9.82. The summed E-state index contributed by atoms with van der Waals surface area (Å²) in [5.74, 6) is 0. The van der Waals surface area contributed by atoms with Crippen molar-refractivity contribution in [3.63, 3.8) is 0 Å². The number of hydrogen-bond donors (Lipinski definition) is 0. The molecule has 0 saturated carbocycles. The van der Waals surface area contributed by atoms with E-state index in [1.165, 1.54) is 6.42 Å². The van der Waals surface area contributed by atoms with Gasteiger partial charge in [0.15, 0.2) is 0 Å². The standard InChI is InChI=1S/C13H21BN2O3/c1-10-8-15-16(11-6-4-5-7-17-11)12(10)14-18-9-13(2,3)19-14/h8,11H,4-7,9H2,1-3H3. The van der Waals surface area contributed by atoms with Crippen molar-refractivity contribution in [3.05, 3.63) is 11.8 Å². The van der Waals surface area contributed by atoms with Gasteiger partial charge >= 0.3 is 7.12 Å². The van der Waals surface area contributed by atoms with Crippen LogP contribution in [0.25, 0.3) is 0 Å². The highest BCUT2D eigenvalue weighted by atomic mass is 16.7. The minimum atomic E-state index is -0.331. The van der Waals surface area contributed by atoms with Gasteiger partial charge in [0.2, 0.25) is 0 Å². The average Bonchev–Trinajstić information content (AvgIpc) is 2.93. The summed E-state index contributed by atoms with van der Waals surface area (Å²) in [4.78, 5) is 0. The maximum Gasteiger partial charge on any atom is 0.514 e. The molecule has 3 rings (SSSR count). The van der Waals surface area contributed by atoms with E-state index in [1.54, 1.807) is 0 Å². The van der Waals surface area contributed by atoms with Crippen molar-refractivity contribution in [1.29, 1.82) is 0 Å². The lowest BCUT2D eigenvalue weighted by Crippen LogP contribution is -2.43. The van der Waals surface area contributed by atoms with Crippen LogP contribution in [0.15, 0.2) is 6.20 Å². The van der Waals surface area contributed by atoms with E-state index in [0.717, 1.165) is 30.6 Å². The van der Waals surface area contributed by atoms with Gasteiger partial charge in [0.05, 0.1) is 24.0 Å². The predicted octanol–water partition coefficient (Wildman–Crippen LogP) is 1.41. The average molecular weight is 264 g/mol. The number of nitrogens with zero attached hydrogens (tertiary/aromatic N) is 2. The first kappa shape index (κ1) is 13.2. The topological polar surface area (TPSA) is 45.5 Å². The Morgan fingerprint density at radius 1 is 1.42 bits per heavy atom. The lowest BCUT2D eigenvalue weighted by molar-refractivity contribution is -0.0379. The van der Waals surface area contributed by atoms with Crippen molar-refractivity contribution in [3.8, 4) is 0 Å². The number of rotatable bonds is 2. The first-order valence-electron chi connectivity index (χ1n) is 7.02. The van der Waals surface area contributed by atoms with Crippen LogP contribution < -0.4 is 5.59 Å². The van der Waals surface area contributed by atoms with Crippen molar-refractivity contribution in [2.75, 3.05) is 13.2 Å². The van der Waals surface area contributed by atoms with Crippen LogP contribution >= 0.6 is 0 Å². The Hall–Kier alpha value is -0.845. The molecule has 0 aliphatic carbocycles. The van der Waals surface area contributed by atoms with Crippen molar-refractivity contribution in [2.24, 2.45) is 0 Å². The summed E-state index contributed by atoms with van der Waals surface area (Å²) in [6.45, 7) is 7.54. The zero-order chi connectivity index (χ0) is 13.5. The molecule has 2 fully saturated rings. The smallest absolute Gasteiger partial charge is 0.403 e.